The number of fused-ring (bicyclic) bond motifs is 1. The molecule has 3 heterocycles. The van der Waals surface area contributed by atoms with Gasteiger partial charge in [-0.25, -0.2) is 4.79 Å². The third-order valence-electron chi connectivity index (χ3n) is 6.33. The maximum atomic E-state index is 13.1. The summed E-state index contributed by atoms with van der Waals surface area (Å²) in [6.07, 6.45) is 1.67. The fourth-order valence-electron chi connectivity index (χ4n) is 4.53. The maximum Gasteiger partial charge on any atom is 0.328 e. The molecule has 2 aliphatic heterocycles. The molecule has 0 aliphatic carbocycles. The lowest BCUT2D eigenvalue weighted by Gasteiger charge is -2.36. The van der Waals surface area contributed by atoms with Crippen molar-refractivity contribution >= 4 is 22.5 Å². The SMILES string of the molecule is O=C(c1ccc2c(=O)n(CC3CCCO3)c(=O)[nH]c2c1)N1CCN(c2ccccc2)CC1. The van der Waals surface area contributed by atoms with Crippen LogP contribution in [0.1, 0.15) is 23.2 Å². The van der Waals surface area contributed by atoms with Crippen molar-refractivity contribution < 1.29 is 9.53 Å². The number of nitrogens with zero attached hydrogens (tertiary/aromatic N) is 3. The zero-order valence-corrected chi connectivity index (χ0v) is 17.8. The first kappa shape index (κ1) is 20.5. The molecular weight excluding hydrogens is 408 g/mol. The standard InChI is InChI=1S/C24H26N4O4/c29-22(27-12-10-26(11-13-27)18-5-2-1-3-6-18)17-8-9-20-21(15-17)25-24(31)28(23(20)30)16-19-7-4-14-32-19/h1-3,5-6,8-9,15,19H,4,7,10-14,16H2,(H,25,31). The molecule has 1 amide bonds. The lowest BCUT2D eigenvalue weighted by Crippen LogP contribution is -2.48. The quantitative estimate of drug-likeness (QED) is 0.677. The number of amides is 1. The average Bonchev–Trinajstić information content (AvgIpc) is 3.35. The summed E-state index contributed by atoms with van der Waals surface area (Å²) in [5, 5.41) is 0.396. The highest BCUT2D eigenvalue weighted by Gasteiger charge is 2.23. The molecule has 8 nitrogen and oxygen atoms in total. The highest BCUT2D eigenvalue weighted by molar-refractivity contribution is 5.97. The van der Waals surface area contributed by atoms with Gasteiger partial charge in [-0.3, -0.25) is 14.2 Å². The number of carbonyl (C=O) groups excluding carboxylic acids is 1. The Bertz CT molecular complexity index is 1240. The van der Waals surface area contributed by atoms with Crippen LogP contribution < -0.4 is 16.1 Å². The Morgan fingerprint density at radius 3 is 2.53 bits per heavy atom. The van der Waals surface area contributed by atoms with Crippen molar-refractivity contribution in [3.05, 3.63) is 74.9 Å². The van der Waals surface area contributed by atoms with E-state index < -0.39 is 5.69 Å². The fourth-order valence-corrected chi connectivity index (χ4v) is 4.53. The van der Waals surface area contributed by atoms with Crippen LogP contribution in [0, 0.1) is 0 Å². The molecule has 5 rings (SSSR count). The number of aromatic amines is 1. The summed E-state index contributed by atoms with van der Waals surface area (Å²) in [5.41, 5.74) is 1.19. The Morgan fingerprint density at radius 1 is 1.03 bits per heavy atom. The number of H-pyrrole nitrogens is 1. The Labute approximate surface area is 185 Å². The normalized spacial score (nSPS) is 18.9. The summed E-state index contributed by atoms with van der Waals surface area (Å²) in [4.78, 5) is 45.3. The second kappa shape index (κ2) is 8.63. The molecule has 1 atom stereocenters. The van der Waals surface area contributed by atoms with Gasteiger partial charge in [-0.05, 0) is 43.2 Å². The number of aromatic nitrogens is 2. The lowest BCUT2D eigenvalue weighted by atomic mass is 10.1. The molecule has 32 heavy (non-hydrogen) atoms. The number of hydrogen-bond donors (Lipinski definition) is 1. The minimum absolute atomic E-state index is 0.0935. The van der Waals surface area contributed by atoms with Gasteiger partial charge in [0, 0.05) is 44.0 Å². The molecule has 1 aromatic heterocycles. The van der Waals surface area contributed by atoms with E-state index in [4.69, 9.17) is 4.74 Å². The molecule has 8 heteroatoms. The molecule has 2 saturated heterocycles. The summed E-state index contributed by atoms with van der Waals surface area (Å²) >= 11 is 0. The molecule has 2 aromatic carbocycles. The highest BCUT2D eigenvalue weighted by Crippen LogP contribution is 2.18. The largest absolute Gasteiger partial charge is 0.376 e. The molecule has 166 valence electrons. The smallest absolute Gasteiger partial charge is 0.328 e. The summed E-state index contributed by atoms with van der Waals surface area (Å²) < 4.78 is 6.76. The molecule has 1 unspecified atom stereocenters. The van der Waals surface area contributed by atoms with Gasteiger partial charge < -0.3 is 19.5 Å². The van der Waals surface area contributed by atoms with E-state index in [1.54, 1.807) is 18.2 Å². The third kappa shape index (κ3) is 3.93. The van der Waals surface area contributed by atoms with Crippen molar-refractivity contribution in [2.75, 3.05) is 37.7 Å². The topological polar surface area (TPSA) is 87.6 Å². The fraction of sp³-hybridized carbons (Fsp3) is 0.375. The minimum Gasteiger partial charge on any atom is -0.376 e. The number of piperazine rings is 1. The van der Waals surface area contributed by atoms with E-state index in [0.717, 1.165) is 31.6 Å². The summed E-state index contributed by atoms with van der Waals surface area (Å²) in [5.74, 6) is -0.0935. The first-order chi connectivity index (χ1) is 15.6. The average molecular weight is 434 g/mol. The van der Waals surface area contributed by atoms with E-state index in [-0.39, 0.29) is 24.1 Å². The molecular formula is C24H26N4O4. The van der Waals surface area contributed by atoms with Crippen LogP contribution in [0.3, 0.4) is 0 Å². The number of carbonyl (C=O) groups is 1. The van der Waals surface area contributed by atoms with E-state index in [2.05, 4.69) is 22.0 Å². The molecule has 2 aliphatic rings. The zero-order valence-electron chi connectivity index (χ0n) is 17.8. The zero-order chi connectivity index (χ0) is 22.1. The van der Waals surface area contributed by atoms with Crippen molar-refractivity contribution in [3.8, 4) is 0 Å². The van der Waals surface area contributed by atoms with Gasteiger partial charge in [-0.1, -0.05) is 18.2 Å². The van der Waals surface area contributed by atoms with Crippen molar-refractivity contribution in [3.63, 3.8) is 0 Å². The number of anilines is 1. The minimum atomic E-state index is -0.473. The predicted molar refractivity (Wildman–Crippen MR) is 122 cm³/mol. The summed E-state index contributed by atoms with van der Waals surface area (Å²) in [6.45, 7) is 3.66. The number of para-hydroxylation sites is 1. The Morgan fingerprint density at radius 2 is 1.81 bits per heavy atom. The Hall–Kier alpha value is -3.39. The third-order valence-corrected chi connectivity index (χ3v) is 6.33. The van der Waals surface area contributed by atoms with Crippen LogP contribution in [0.4, 0.5) is 5.69 Å². The van der Waals surface area contributed by atoms with Gasteiger partial charge in [-0.2, -0.15) is 0 Å². The van der Waals surface area contributed by atoms with Crippen LogP contribution >= 0.6 is 0 Å². The second-order valence-corrected chi connectivity index (χ2v) is 8.36. The van der Waals surface area contributed by atoms with Gasteiger partial charge in [0.05, 0.1) is 23.6 Å². The van der Waals surface area contributed by atoms with Crippen molar-refractivity contribution in [2.45, 2.75) is 25.5 Å². The molecule has 2 fully saturated rings. The second-order valence-electron chi connectivity index (χ2n) is 8.36. The van der Waals surface area contributed by atoms with Crippen molar-refractivity contribution in [1.82, 2.24) is 14.5 Å². The number of ether oxygens (including phenoxy) is 1. The number of benzene rings is 2. The molecule has 0 bridgehead atoms. The van der Waals surface area contributed by atoms with E-state index in [9.17, 15) is 14.4 Å². The van der Waals surface area contributed by atoms with Crippen LogP contribution in [0.15, 0.2) is 58.1 Å². The van der Waals surface area contributed by atoms with Gasteiger partial charge in [0.15, 0.2) is 0 Å². The predicted octanol–water partition coefficient (Wildman–Crippen LogP) is 1.83. The van der Waals surface area contributed by atoms with Gasteiger partial charge in [0.1, 0.15) is 0 Å². The van der Waals surface area contributed by atoms with Gasteiger partial charge in [0.2, 0.25) is 0 Å². The Balaban J connectivity index is 1.34. The molecule has 0 radical (unpaired) electrons. The van der Waals surface area contributed by atoms with E-state index >= 15 is 0 Å². The number of hydrogen-bond acceptors (Lipinski definition) is 5. The van der Waals surface area contributed by atoms with Crippen molar-refractivity contribution in [2.24, 2.45) is 0 Å². The molecule has 0 saturated carbocycles. The first-order valence-corrected chi connectivity index (χ1v) is 11.1. The van der Waals surface area contributed by atoms with Crippen molar-refractivity contribution in [1.29, 1.82) is 0 Å². The molecule has 1 N–H and O–H groups in total. The number of rotatable bonds is 4. The van der Waals surface area contributed by atoms with E-state index in [1.807, 2.05) is 23.1 Å². The lowest BCUT2D eigenvalue weighted by molar-refractivity contribution is 0.0747. The van der Waals surface area contributed by atoms with Gasteiger partial charge in [-0.15, -0.1) is 0 Å². The van der Waals surface area contributed by atoms with Crippen LogP contribution in [-0.2, 0) is 11.3 Å². The molecule has 0 spiro atoms. The number of nitrogens with one attached hydrogen (secondary N) is 1. The van der Waals surface area contributed by atoms with Gasteiger partial charge >= 0.3 is 5.69 Å². The van der Waals surface area contributed by atoms with Crippen LogP contribution in [0.5, 0.6) is 0 Å². The van der Waals surface area contributed by atoms with E-state index in [0.29, 0.717) is 36.2 Å². The Kier molecular flexibility index (Phi) is 5.53. The van der Waals surface area contributed by atoms with Crippen LogP contribution in [0.25, 0.3) is 10.9 Å². The first-order valence-electron chi connectivity index (χ1n) is 11.1. The summed E-state index contributed by atoms with van der Waals surface area (Å²) in [7, 11) is 0. The summed E-state index contributed by atoms with van der Waals surface area (Å²) in [6, 6.07) is 15.1. The monoisotopic (exact) mass is 434 g/mol. The highest BCUT2D eigenvalue weighted by atomic mass is 16.5. The van der Waals surface area contributed by atoms with Gasteiger partial charge in [0.25, 0.3) is 11.5 Å². The van der Waals surface area contributed by atoms with E-state index in [1.165, 1.54) is 4.57 Å². The maximum absolute atomic E-state index is 13.1. The molecule has 3 aromatic rings. The van der Waals surface area contributed by atoms with Crippen LogP contribution in [0.2, 0.25) is 0 Å². The van der Waals surface area contributed by atoms with Crippen LogP contribution in [-0.4, -0.2) is 59.2 Å².